The van der Waals surface area contributed by atoms with Crippen molar-refractivity contribution in [2.24, 2.45) is 5.92 Å². The first-order valence-corrected chi connectivity index (χ1v) is 14.3. The molecule has 2 radical (unpaired) electrons. The van der Waals surface area contributed by atoms with Crippen LogP contribution in [-0.2, 0) is 0 Å². The van der Waals surface area contributed by atoms with Gasteiger partial charge in [-0.05, 0) is 17.9 Å². The molecule has 2 rings (SSSR count). The van der Waals surface area contributed by atoms with Crippen LogP contribution in [0.1, 0.15) is 58.3 Å². The molecule has 20 heavy (non-hydrogen) atoms. The minimum atomic E-state index is 0.0541. The van der Waals surface area contributed by atoms with Crippen LogP contribution >= 0.6 is 15.9 Å². The van der Waals surface area contributed by atoms with Crippen molar-refractivity contribution in [3.05, 3.63) is 0 Å². The standard InChI is InChI=1S/C17H33BrSi2/c1-2-3-4-11-19-12-8-17(9-13-19)20-14-6-16(5-10-18)7-15-20/h16-17H,2-15H2,1H3. The molecular formula is C17H33BrSi2. The van der Waals surface area contributed by atoms with E-state index in [1.165, 1.54) is 30.1 Å². The summed E-state index contributed by atoms with van der Waals surface area (Å²) in [6.07, 6.45) is 12.3. The molecule has 2 fully saturated rings. The Morgan fingerprint density at radius 3 is 2.25 bits per heavy atom. The second-order valence-corrected chi connectivity index (χ2v) is 14.0. The van der Waals surface area contributed by atoms with Gasteiger partial charge in [-0.25, -0.2) is 0 Å². The Hall–Kier alpha value is 0.914. The number of halogens is 1. The molecule has 0 bridgehead atoms. The highest BCUT2D eigenvalue weighted by molar-refractivity contribution is 9.09. The molecule has 0 saturated carbocycles. The molecule has 0 aliphatic carbocycles. The van der Waals surface area contributed by atoms with Crippen LogP contribution in [0.3, 0.4) is 0 Å². The summed E-state index contributed by atoms with van der Waals surface area (Å²) in [6, 6.07) is 8.31. The van der Waals surface area contributed by atoms with Crippen molar-refractivity contribution in [1.82, 2.24) is 0 Å². The SMILES string of the molecule is CCCCC[Si]1CCC([Si]2CCC(CCBr)CC2)CC1. The largest absolute Gasteiger partial charge is 0.0928 e. The minimum absolute atomic E-state index is 0.0541. The van der Waals surface area contributed by atoms with Crippen LogP contribution in [0.25, 0.3) is 0 Å². The molecule has 2 heterocycles. The molecule has 2 aliphatic rings. The highest BCUT2D eigenvalue weighted by atomic mass is 79.9. The summed E-state index contributed by atoms with van der Waals surface area (Å²) in [5, 5.41) is 1.23. The summed E-state index contributed by atoms with van der Waals surface area (Å²) >= 11 is 3.62. The van der Waals surface area contributed by atoms with Gasteiger partial charge in [0, 0.05) is 14.1 Å². The van der Waals surface area contributed by atoms with Crippen molar-refractivity contribution in [3.8, 4) is 0 Å². The van der Waals surface area contributed by atoms with E-state index in [-0.39, 0.29) is 17.6 Å². The van der Waals surface area contributed by atoms with Crippen LogP contribution in [-0.4, -0.2) is 22.9 Å². The second-order valence-electron chi connectivity index (χ2n) is 7.06. The zero-order valence-corrected chi connectivity index (χ0v) is 17.0. The van der Waals surface area contributed by atoms with Gasteiger partial charge >= 0.3 is 0 Å². The molecule has 0 N–H and O–H groups in total. The van der Waals surface area contributed by atoms with Gasteiger partial charge in [-0.1, -0.05) is 98.0 Å². The van der Waals surface area contributed by atoms with Crippen molar-refractivity contribution in [1.29, 1.82) is 0 Å². The van der Waals surface area contributed by atoms with Crippen LogP contribution in [0.4, 0.5) is 0 Å². The number of hydrogen-bond acceptors (Lipinski definition) is 0. The highest BCUT2D eigenvalue weighted by Gasteiger charge is 2.31. The maximum atomic E-state index is 3.62. The first-order valence-electron chi connectivity index (χ1n) is 9.07. The van der Waals surface area contributed by atoms with E-state index in [0.717, 1.165) is 5.92 Å². The highest BCUT2D eigenvalue weighted by Crippen LogP contribution is 2.41. The monoisotopic (exact) mass is 372 g/mol. The van der Waals surface area contributed by atoms with E-state index in [1.54, 1.807) is 62.3 Å². The van der Waals surface area contributed by atoms with Gasteiger partial charge in [0.1, 0.15) is 0 Å². The van der Waals surface area contributed by atoms with E-state index in [9.17, 15) is 0 Å². The van der Waals surface area contributed by atoms with Crippen LogP contribution in [0.2, 0.25) is 35.8 Å². The summed E-state index contributed by atoms with van der Waals surface area (Å²) in [6.45, 7) is 2.34. The number of hydrogen-bond donors (Lipinski definition) is 0. The summed E-state index contributed by atoms with van der Waals surface area (Å²) < 4.78 is 0. The molecule has 0 aromatic heterocycles. The zero-order valence-electron chi connectivity index (χ0n) is 13.4. The average molecular weight is 374 g/mol. The Morgan fingerprint density at radius 1 is 0.950 bits per heavy atom. The molecule has 0 aromatic carbocycles. The van der Waals surface area contributed by atoms with Crippen molar-refractivity contribution < 1.29 is 0 Å². The smallest absolute Gasteiger partial charge is 0.0512 e. The Morgan fingerprint density at radius 2 is 1.65 bits per heavy atom. The third-order valence-electron chi connectivity index (χ3n) is 5.67. The van der Waals surface area contributed by atoms with E-state index < -0.39 is 0 Å². The minimum Gasteiger partial charge on any atom is -0.0928 e. The Balaban J connectivity index is 1.62. The Labute approximate surface area is 138 Å². The van der Waals surface area contributed by atoms with Gasteiger partial charge in [-0.15, -0.1) is 0 Å². The fourth-order valence-electron chi connectivity index (χ4n) is 4.21. The quantitative estimate of drug-likeness (QED) is 0.270. The number of unbranched alkanes of at least 4 members (excludes halogenated alkanes) is 2. The molecule has 0 amide bonds. The van der Waals surface area contributed by atoms with Gasteiger partial charge in [0.2, 0.25) is 0 Å². The lowest BCUT2D eigenvalue weighted by atomic mass is 10.0. The molecule has 0 aromatic rings. The summed E-state index contributed by atoms with van der Waals surface area (Å²) in [4.78, 5) is 0. The molecule has 2 aliphatic heterocycles. The predicted octanol–water partition coefficient (Wildman–Crippen LogP) is 6.53. The maximum absolute atomic E-state index is 3.62. The van der Waals surface area contributed by atoms with Crippen LogP contribution < -0.4 is 0 Å². The maximum Gasteiger partial charge on any atom is 0.0512 e. The predicted molar refractivity (Wildman–Crippen MR) is 99.2 cm³/mol. The van der Waals surface area contributed by atoms with Gasteiger partial charge < -0.3 is 0 Å². The number of rotatable bonds is 7. The molecule has 0 spiro atoms. The summed E-state index contributed by atoms with van der Waals surface area (Å²) in [7, 11) is 0.154. The van der Waals surface area contributed by atoms with Gasteiger partial charge in [0.25, 0.3) is 0 Å². The topological polar surface area (TPSA) is 0 Å². The lowest BCUT2D eigenvalue weighted by Gasteiger charge is -2.36. The average Bonchev–Trinajstić information content (AvgIpc) is 2.49. The molecule has 0 atom stereocenters. The van der Waals surface area contributed by atoms with Gasteiger partial charge in [0.15, 0.2) is 0 Å². The first-order chi connectivity index (χ1) is 9.83. The lowest BCUT2D eigenvalue weighted by Crippen LogP contribution is -2.31. The molecule has 2 saturated heterocycles. The summed E-state index contributed by atoms with van der Waals surface area (Å²) in [5.74, 6) is 1.07. The van der Waals surface area contributed by atoms with E-state index >= 15 is 0 Å². The Bertz CT molecular complexity index is 243. The van der Waals surface area contributed by atoms with E-state index in [1.807, 2.05) is 0 Å². The lowest BCUT2D eigenvalue weighted by molar-refractivity contribution is 0.455. The van der Waals surface area contributed by atoms with Crippen LogP contribution in [0.5, 0.6) is 0 Å². The molecule has 116 valence electrons. The fourth-order valence-corrected chi connectivity index (χ4v) is 12.2. The van der Waals surface area contributed by atoms with Gasteiger partial charge in [0.05, 0.1) is 8.80 Å². The van der Waals surface area contributed by atoms with Gasteiger partial charge in [-0.2, -0.15) is 0 Å². The van der Waals surface area contributed by atoms with Crippen molar-refractivity contribution in [2.75, 3.05) is 5.33 Å². The van der Waals surface area contributed by atoms with Crippen LogP contribution in [0.15, 0.2) is 0 Å². The van der Waals surface area contributed by atoms with E-state index in [2.05, 4.69) is 22.9 Å². The van der Waals surface area contributed by atoms with E-state index in [0.29, 0.717) is 0 Å². The van der Waals surface area contributed by atoms with Crippen molar-refractivity contribution >= 4 is 33.5 Å². The summed E-state index contributed by atoms with van der Waals surface area (Å²) in [5.41, 5.74) is 1.23. The zero-order chi connectivity index (χ0) is 14.2. The molecule has 3 heteroatoms. The number of alkyl halides is 1. The third-order valence-corrected chi connectivity index (χ3v) is 12.8. The van der Waals surface area contributed by atoms with Gasteiger partial charge in [-0.3, -0.25) is 0 Å². The van der Waals surface area contributed by atoms with Crippen molar-refractivity contribution in [3.63, 3.8) is 0 Å². The first kappa shape index (κ1) is 17.3. The van der Waals surface area contributed by atoms with Crippen molar-refractivity contribution in [2.45, 2.75) is 94.1 Å². The normalized spacial score (nSPS) is 24.3. The molecule has 0 unspecified atom stereocenters. The third kappa shape index (κ3) is 5.60. The molecule has 0 nitrogen and oxygen atoms in total. The Kier molecular flexibility index (Phi) is 8.49. The van der Waals surface area contributed by atoms with Crippen LogP contribution in [0, 0.1) is 5.92 Å². The molecular weight excluding hydrogens is 340 g/mol. The van der Waals surface area contributed by atoms with E-state index in [4.69, 9.17) is 0 Å². The fraction of sp³-hybridized carbons (Fsp3) is 1.00. The second kappa shape index (κ2) is 9.83.